The molecule has 1 amide bonds. The zero-order chi connectivity index (χ0) is 16.5. The molecule has 3 atom stereocenters. The molecule has 0 saturated carbocycles. The molecule has 2 aliphatic rings. The number of nitrogens with zero attached hydrogens (tertiary/aromatic N) is 3. The fraction of sp³-hybridized carbons (Fsp3) is 0.529. The number of aromatic nitrogens is 2. The van der Waals surface area contributed by atoms with E-state index in [0.717, 1.165) is 38.3 Å². The molecule has 7 heteroatoms. The first kappa shape index (κ1) is 15.4. The van der Waals surface area contributed by atoms with E-state index in [2.05, 4.69) is 15.3 Å². The summed E-state index contributed by atoms with van der Waals surface area (Å²) in [4.78, 5) is 14.8. The van der Waals surface area contributed by atoms with Crippen LogP contribution in [0, 0.1) is 0 Å². The Morgan fingerprint density at radius 1 is 1.50 bits per heavy atom. The summed E-state index contributed by atoms with van der Waals surface area (Å²) in [6.45, 7) is 2.27. The van der Waals surface area contributed by atoms with E-state index in [1.54, 1.807) is 30.4 Å². The van der Waals surface area contributed by atoms with Crippen molar-refractivity contribution in [1.29, 1.82) is 0 Å². The van der Waals surface area contributed by atoms with Crippen molar-refractivity contribution >= 4 is 5.91 Å². The third-order valence-corrected chi connectivity index (χ3v) is 4.85. The van der Waals surface area contributed by atoms with Gasteiger partial charge in [-0.2, -0.15) is 5.10 Å². The van der Waals surface area contributed by atoms with Gasteiger partial charge in [-0.15, -0.1) is 0 Å². The zero-order valence-electron chi connectivity index (χ0n) is 13.7. The van der Waals surface area contributed by atoms with Crippen LogP contribution in [0.1, 0.15) is 29.0 Å². The highest BCUT2D eigenvalue weighted by atomic mass is 16.5. The second kappa shape index (κ2) is 6.41. The predicted molar refractivity (Wildman–Crippen MR) is 86.3 cm³/mol. The number of hydrogen-bond donors (Lipinski definition) is 1. The van der Waals surface area contributed by atoms with Crippen molar-refractivity contribution in [3.63, 3.8) is 0 Å². The third kappa shape index (κ3) is 2.97. The lowest BCUT2D eigenvalue weighted by Crippen LogP contribution is -2.47. The molecule has 24 heavy (non-hydrogen) atoms. The smallest absolute Gasteiger partial charge is 0.254 e. The van der Waals surface area contributed by atoms with Gasteiger partial charge in [0.2, 0.25) is 0 Å². The summed E-state index contributed by atoms with van der Waals surface area (Å²) in [5.41, 5.74) is 0.578. The lowest BCUT2D eigenvalue weighted by molar-refractivity contribution is -0.0219. The molecule has 2 aromatic rings. The minimum atomic E-state index is -0.0964. The number of aryl methyl sites for hydroxylation is 1. The Bertz CT molecular complexity index is 697. The highest BCUT2D eigenvalue weighted by Crippen LogP contribution is 2.30. The normalized spacial score (nSPS) is 27.1. The number of amides is 1. The average Bonchev–Trinajstić information content (AvgIpc) is 3.30. The summed E-state index contributed by atoms with van der Waals surface area (Å²) in [5.74, 6) is 0.847. The fourth-order valence-electron chi connectivity index (χ4n) is 3.76. The van der Waals surface area contributed by atoms with Gasteiger partial charge in [0.15, 0.2) is 0 Å². The van der Waals surface area contributed by atoms with E-state index < -0.39 is 0 Å². The molecule has 2 aromatic heterocycles. The molecule has 1 N–H and O–H groups in total. The number of ether oxygens (including phenoxy) is 1. The molecule has 4 heterocycles. The Hall–Kier alpha value is -2.12. The number of fused-ring (bicyclic) bond motifs is 1. The van der Waals surface area contributed by atoms with E-state index in [1.807, 2.05) is 12.1 Å². The topological polar surface area (TPSA) is 72.5 Å². The highest BCUT2D eigenvalue weighted by molar-refractivity contribution is 5.93. The van der Waals surface area contributed by atoms with E-state index >= 15 is 0 Å². The first-order chi connectivity index (χ1) is 11.7. The van der Waals surface area contributed by atoms with Gasteiger partial charge in [0.25, 0.3) is 5.91 Å². The van der Waals surface area contributed by atoms with Crippen LogP contribution in [0.5, 0.6) is 0 Å². The summed E-state index contributed by atoms with van der Waals surface area (Å²) >= 11 is 0. The van der Waals surface area contributed by atoms with Crippen LogP contribution in [-0.2, 0) is 18.3 Å². The van der Waals surface area contributed by atoms with Gasteiger partial charge in [-0.25, -0.2) is 0 Å². The lowest BCUT2D eigenvalue weighted by Gasteiger charge is -2.32. The maximum Gasteiger partial charge on any atom is 0.254 e. The van der Waals surface area contributed by atoms with Crippen molar-refractivity contribution in [2.45, 2.75) is 37.6 Å². The van der Waals surface area contributed by atoms with Crippen molar-refractivity contribution in [3.8, 4) is 0 Å². The summed E-state index contributed by atoms with van der Waals surface area (Å²) in [5, 5.41) is 7.19. The SMILES string of the molecule is Cn1cc(C(=O)N[C@@H]2CN(Cc3ccco3)[C@@H]3CCCO[C@@H]32)cn1. The van der Waals surface area contributed by atoms with E-state index in [-0.39, 0.29) is 18.1 Å². The zero-order valence-corrected chi connectivity index (χ0v) is 13.7. The van der Waals surface area contributed by atoms with Crippen LogP contribution in [-0.4, -0.2) is 51.9 Å². The van der Waals surface area contributed by atoms with Gasteiger partial charge in [0.1, 0.15) is 5.76 Å². The molecule has 2 saturated heterocycles. The summed E-state index contributed by atoms with van der Waals surface area (Å²) in [6.07, 6.45) is 7.19. The predicted octanol–water partition coefficient (Wildman–Crippen LogP) is 1.17. The van der Waals surface area contributed by atoms with Crippen LogP contribution in [0.15, 0.2) is 35.2 Å². The van der Waals surface area contributed by atoms with Crippen molar-refractivity contribution in [2.75, 3.05) is 13.2 Å². The Morgan fingerprint density at radius 2 is 2.42 bits per heavy atom. The Morgan fingerprint density at radius 3 is 3.17 bits per heavy atom. The first-order valence-corrected chi connectivity index (χ1v) is 8.38. The quantitative estimate of drug-likeness (QED) is 0.911. The van der Waals surface area contributed by atoms with Crippen LogP contribution < -0.4 is 5.32 Å². The monoisotopic (exact) mass is 330 g/mol. The summed E-state index contributed by atoms with van der Waals surface area (Å²) in [6, 6.07) is 4.20. The average molecular weight is 330 g/mol. The number of likely N-dealkylation sites (tertiary alicyclic amines) is 1. The van der Waals surface area contributed by atoms with Gasteiger partial charge in [0.05, 0.1) is 36.7 Å². The molecule has 0 bridgehead atoms. The number of hydrogen-bond acceptors (Lipinski definition) is 5. The van der Waals surface area contributed by atoms with E-state index in [9.17, 15) is 4.79 Å². The fourth-order valence-corrected chi connectivity index (χ4v) is 3.76. The van der Waals surface area contributed by atoms with Crippen LogP contribution in [0.4, 0.5) is 0 Å². The van der Waals surface area contributed by atoms with E-state index in [4.69, 9.17) is 9.15 Å². The highest BCUT2D eigenvalue weighted by Gasteiger charge is 2.44. The molecule has 7 nitrogen and oxygen atoms in total. The molecule has 4 rings (SSSR count). The molecule has 0 unspecified atom stereocenters. The van der Waals surface area contributed by atoms with Gasteiger partial charge in [-0.1, -0.05) is 0 Å². The molecule has 128 valence electrons. The van der Waals surface area contributed by atoms with E-state index in [0.29, 0.717) is 11.6 Å². The van der Waals surface area contributed by atoms with Gasteiger partial charge in [-0.05, 0) is 25.0 Å². The van der Waals surface area contributed by atoms with Gasteiger partial charge < -0.3 is 14.5 Å². The molecule has 2 aliphatic heterocycles. The van der Waals surface area contributed by atoms with Crippen molar-refractivity contribution in [2.24, 2.45) is 7.05 Å². The van der Waals surface area contributed by atoms with Crippen molar-refractivity contribution < 1.29 is 13.9 Å². The van der Waals surface area contributed by atoms with Crippen LogP contribution in [0.3, 0.4) is 0 Å². The van der Waals surface area contributed by atoms with Gasteiger partial charge in [0, 0.05) is 32.4 Å². The standard InChI is InChI=1S/C17H22N4O3/c1-20-9-12(8-18-20)17(22)19-14-11-21(10-13-4-2-6-23-13)15-5-3-7-24-16(14)15/h2,4,6,8-9,14-16H,3,5,7,10-11H2,1H3,(H,19,22)/t14-,15-,16-/m1/s1. The number of furan rings is 1. The molecule has 0 aromatic carbocycles. The first-order valence-electron chi connectivity index (χ1n) is 8.38. The summed E-state index contributed by atoms with van der Waals surface area (Å²) in [7, 11) is 1.80. The third-order valence-electron chi connectivity index (χ3n) is 4.85. The second-order valence-corrected chi connectivity index (χ2v) is 6.54. The van der Waals surface area contributed by atoms with Crippen LogP contribution in [0.2, 0.25) is 0 Å². The minimum absolute atomic E-state index is 0.0158. The molecule has 0 aliphatic carbocycles. The van der Waals surface area contributed by atoms with Crippen molar-refractivity contribution in [3.05, 3.63) is 42.1 Å². The van der Waals surface area contributed by atoms with Crippen molar-refractivity contribution in [1.82, 2.24) is 20.0 Å². The second-order valence-electron chi connectivity index (χ2n) is 6.54. The molecule has 2 fully saturated rings. The maximum atomic E-state index is 12.5. The number of nitrogens with one attached hydrogen (secondary N) is 1. The Balaban J connectivity index is 1.47. The minimum Gasteiger partial charge on any atom is -0.468 e. The number of carbonyl (C=O) groups excluding carboxylic acids is 1. The largest absolute Gasteiger partial charge is 0.468 e. The lowest BCUT2D eigenvalue weighted by atomic mass is 10.0. The number of rotatable bonds is 4. The van der Waals surface area contributed by atoms with Gasteiger partial charge in [-0.3, -0.25) is 14.4 Å². The number of carbonyl (C=O) groups is 1. The molecule has 0 spiro atoms. The Kier molecular flexibility index (Phi) is 4.12. The van der Waals surface area contributed by atoms with Crippen LogP contribution in [0.25, 0.3) is 0 Å². The van der Waals surface area contributed by atoms with E-state index in [1.165, 1.54) is 0 Å². The molecular formula is C17H22N4O3. The Labute approximate surface area is 140 Å². The summed E-state index contributed by atoms with van der Waals surface area (Å²) < 4.78 is 13.1. The van der Waals surface area contributed by atoms with Gasteiger partial charge >= 0.3 is 0 Å². The maximum absolute atomic E-state index is 12.5. The molecular weight excluding hydrogens is 308 g/mol. The molecule has 0 radical (unpaired) electrons. The van der Waals surface area contributed by atoms with Crippen LogP contribution >= 0.6 is 0 Å².